The largest absolute Gasteiger partial charge is 0.334 e. The van der Waals surface area contributed by atoms with E-state index in [2.05, 4.69) is 20.3 Å². The Bertz CT molecular complexity index is 850. The summed E-state index contributed by atoms with van der Waals surface area (Å²) in [4.78, 5) is 16.1. The van der Waals surface area contributed by atoms with Gasteiger partial charge in [-0.25, -0.2) is 17.9 Å². The van der Waals surface area contributed by atoms with Gasteiger partial charge in [-0.15, -0.1) is 0 Å². The average molecular weight is 388 g/mol. The summed E-state index contributed by atoms with van der Waals surface area (Å²) in [6, 6.07) is 9.41. The summed E-state index contributed by atoms with van der Waals surface area (Å²) in [5.74, 6) is 0.657. The predicted molar refractivity (Wildman–Crippen MR) is 104 cm³/mol. The Morgan fingerprint density at radius 2 is 1.78 bits per heavy atom. The van der Waals surface area contributed by atoms with Gasteiger partial charge in [0.05, 0.1) is 4.90 Å². The van der Waals surface area contributed by atoms with Gasteiger partial charge in [0.15, 0.2) is 0 Å². The lowest BCUT2D eigenvalue weighted by Crippen LogP contribution is -2.28. The number of carbonyl (C=O) groups is 1. The molecule has 27 heavy (non-hydrogen) atoms. The van der Waals surface area contributed by atoms with Crippen LogP contribution < -0.4 is 15.4 Å². The van der Waals surface area contributed by atoms with E-state index < -0.39 is 10.0 Å². The number of pyridine rings is 1. The standard InChI is InChI=1S/C19H24N4O3S/c24-19(21-14-16-8-11-20-12-9-16)23-17-4-6-18(7-5-17)27(25,26)22-13-10-15-2-1-3-15/h4-9,11-12,15,22H,1-3,10,13-14H2,(H2,21,23,24). The number of hydrogen-bond donors (Lipinski definition) is 3. The molecule has 0 bridgehead atoms. The third-order valence-corrected chi connectivity index (χ3v) is 6.17. The lowest BCUT2D eigenvalue weighted by molar-refractivity contribution is 0.251. The Labute approximate surface area is 159 Å². The van der Waals surface area contributed by atoms with E-state index in [-0.39, 0.29) is 10.9 Å². The van der Waals surface area contributed by atoms with Crippen LogP contribution in [0.25, 0.3) is 0 Å². The molecule has 0 spiro atoms. The zero-order valence-electron chi connectivity index (χ0n) is 15.0. The molecule has 3 N–H and O–H groups in total. The van der Waals surface area contributed by atoms with Gasteiger partial charge in [0.2, 0.25) is 10.0 Å². The van der Waals surface area contributed by atoms with Crippen LogP contribution in [0.5, 0.6) is 0 Å². The van der Waals surface area contributed by atoms with Crippen molar-refractivity contribution in [1.29, 1.82) is 0 Å². The van der Waals surface area contributed by atoms with E-state index in [0.29, 0.717) is 24.7 Å². The van der Waals surface area contributed by atoms with Crippen LogP contribution in [-0.4, -0.2) is 26.0 Å². The minimum atomic E-state index is -3.52. The lowest BCUT2D eigenvalue weighted by atomic mass is 9.83. The van der Waals surface area contributed by atoms with Gasteiger partial charge in [0, 0.05) is 31.2 Å². The third-order valence-electron chi connectivity index (χ3n) is 4.69. The SMILES string of the molecule is O=C(NCc1ccncc1)Nc1ccc(S(=O)(=O)NCCC2CCC2)cc1. The van der Waals surface area contributed by atoms with E-state index in [1.165, 1.54) is 31.4 Å². The molecule has 1 fully saturated rings. The minimum Gasteiger partial charge on any atom is -0.334 e. The number of nitrogens with zero attached hydrogens (tertiary/aromatic N) is 1. The highest BCUT2D eigenvalue weighted by Crippen LogP contribution is 2.28. The van der Waals surface area contributed by atoms with E-state index in [9.17, 15) is 13.2 Å². The Morgan fingerprint density at radius 3 is 2.41 bits per heavy atom. The molecule has 1 aromatic heterocycles. The number of amides is 2. The second-order valence-electron chi connectivity index (χ2n) is 6.67. The van der Waals surface area contributed by atoms with Crippen molar-refractivity contribution in [3.63, 3.8) is 0 Å². The first-order valence-corrected chi connectivity index (χ1v) is 10.5. The molecule has 8 heteroatoms. The van der Waals surface area contributed by atoms with Crippen LogP contribution in [0.1, 0.15) is 31.2 Å². The van der Waals surface area contributed by atoms with Crippen LogP contribution in [0.4, 0.5) is 10.5 Å². The van der Waals surface area contributed by atoms with Gasteiger partial charge in [-0.2, -0.15) is 0 Å². The fourth-order valence-electron chi connectivity index (χ4n) is 2.84. The number of aromatic nitrogens is 1. The molecule has 0 unspecified atom stereocenters. The molecule has 2 aromatic rings. The molecule has 144 valence electrons. The Hall–Kier alpha value is -2.45. The zero-order valence-corrected chi connectivity index (χ0v) is 15.8. The number of rotatable bonds is 8. The summed E-state index contributed by atoms with van der Waals surface area (Å²) in [6.07, 6.45) is 7.86. The van der Waals surface area contributed by atoms with E-state index in [0.717, 1.165) is 12.0 Å². The molecule has 1 saturated carbocycles. The molecule has 1 heterocycles. The van der Waals surface area contributed by atoms with Gasteiger partial charge in [-0.05, 0) is 54.3 Å². The van der Waals surface area contributed by atoms with Crippen molar-refractivity contribution in [2.45, 2.75) is 37.1 Å². The topological polar surface area (TPSA) is 100 Å². The highest BCUT2D eigenvalue weighted by Gasteiger charge is 2.19. The van der Waals surface area contributed by atoms with E-state index in [1.54, 1.807) is 24.5 Å². The van der Waals surface area contributed by atoms with Crippen LogP contribution in [0, 0.1) is 5.92 Å². The highest BCUT2D eigenvalue weighted by molar-refractivity contribution is 7.89. The average Bonchev–Trinajstić information content (AvgIpc) is 2.63. The fourth-order valence-corrected chi connectivity index (χ4v) is 3.89. The quantitative estimate of drug-likeness (QED) is 0.647. The predicted octanol–water partition coefficient (Wildman–Crippen LogP) is 2.87. The van der Waals surface area contributed by atoms with Gasteiger partial charge in [-0.1, -0.05) is 19.3 Å². The molecule has 2 amide bonds. The molecule has 3 rings (SSSR count). The van der Waals surface area contributed by atoms with Gasteiger partial charge >= 0.3 is 6.03 Å². The molecule has 0 saturated heterocycles. The number of sulfonamides is 1. The summed E-state index contributed by atoms with van der Waals surface area (Å²) in [6.45, 7) is 0.843. The molecule has 1 aliphatic rings. The molecule has 0 atom stereocenters. The van der Waals surface area contributed by atoms with Crippen LogP contribution in [0.15, 0.2) is 53.7 Å². The van der Waals surface area contributed by atoms with Crippen molar-refractivity contribution in [2.75, 3.05) is 11.9 Å². The first-order chi connectivity index (χ1) is 13.0. The second-order valence-corrected chi connectivity index (χ2v) is 8.44. The molecule has 1 aliphatic carbocycles. The third kappa shape index (κ3) is 5.77. The van der Waals surface area contributed by atoms with Gasteiger partial charge in [0.1, 0.15) is 0 Å². The van der Waals surface area contributed by atoms with Crippen molar-refractivity contribution in [3.05, 3.63) is 54.4 Å². The smallest absolute Gasteiger partial charge is 0.319 e. The molecular weight excluding hydrogens is 364 g/mol. The molecule has 7 nitrogen and oxygen atoms in total. The molecular formula is C19H24N4O3S. The van der Waals surface area contributed by atoms with Crippen molar-refractivity contribution < 1.29 is 13.2 Å². The maximum absolute atomic E-state index is 12.3. The monoisotopic (exact) mass is 388 g/mol. The number of urea groups is 1. The molecule has 0 aliphatic heterocycles. The van der Waals surface area contributed by atoms with Crippen molar-refractivity contribution in [2.24, 2.45) is 5.92 Å². The molecule has 0 radical (unpaired) electrons. The van der Waals surface area contributed by atoms with Crippen LogP contribution in [0.3, 0.4) is 0 Å². The summed E-state index contributed by atoms with van der Waals surface area (Å²) >= 11 is 0. The highest BCUT2D eigenvalue weighted by atomic mass is 32.2. The van der Waals surface area contributed by atoms with Gasteiger partial charge < -0.3 is 10.6 Å². The number of benzene rings is 1. The van der Waals surface area contributed by atoms with Crippen LogP contribution in [-0.2, 0) is 16.6 Å². The maximum Gasteiger partial charge on any atom is 0.319 e. The second kappa shape index (κ2) is 8.96. The number of anilines is 1. The van der Waals surface area contributed by atoms with Crippen LogP contribution >= 0.6 is 0 Å². The summed E-state index contributed by atoms with van der Waals surface area (Å²) in [5.41, 5.74) is 1.46. The van der Waals surface area contributed by atoms with Crippen molar-refractivity contribution in [3.8, 4) is 0 Å². The van der Waals surface area contributed by atoms with E-state index in [4.69, 9.17) is 0 Å². The Morgan fingerprint density at radius 1 is 1.07 bits per heavy atom. The van der Waals surface area contributed by atoms with Crippen molar-refractivity contribution in [1.82, 2.24) is 15.0 Å². The number of nitrogens with one attached hydrogen (secondary N) is 3. The summed E-state index contributed by atoms with van der Waals surface area (Å²) in [5, 5.41) is 5.42. The summed E-state index contributed by atoms with van der Waals surface area (Å²) in [7, 11) is -3.52. The first-order valence-electron chi connectivity index (χ1n) is 9.06. The Balaban J connectivity index is 1.47. The summed E-state index contributed by atoms with van der Waals surface area (Å²) < 4.78 is 27.2. The van der Waals surface area contributed by atoms with E-state index >= 15 is 0 Å². The maximum atomic E-state index is 12.3. The van der Waals surface area contributed by atoms with E-state index in [1.807, 2.05) is 12.1 Å². The number of hydrogen-bond acceptors (Lipinski definition) is 4. The van der Waals surface area contributed by atoms with Gasteiger partial charge in [-0.3, -0.25) is 4.98 Å². The lowest BCUT2D eigenvalue weighted by Gasteiger charge is -2.25. The Kier molecular flexibility index (Phi) is 6.41. The first kappa shape index (κ1) is 19.3. The molecule has 1 aromatic carbocycles. The van der Waals surface area contributed by atoms with Crippen molar-refractivity contribution >= 4 is 21.7 Å². The minimum absolute atomic E-state index is 0.193. The zero-order chi connectivity index (χ0) is 19.1. The van der Waals surface area contributed by atoms with Crippen LogP contribution in [0.2, 0.25) is 0 Å². The normalized spacial score (nSPS) is 14.4. The fraction of sp³-hybridized carbons (Fsp3) is 0.368. The number of carbonyl (C=O) groups excluding carboxylic acids is 1. The van der Waals surface area contributed by atoms with Gasteiger partial charge in [0.25, 0.3) is 0 Å².